The van der Waals surface area contributed by atoms with Crippen molar-refractivity contribution in [3.05, 3.63) is 29.6 Å². The molecule has 1 atom stereocenters. The summed E-state index contributed by atoms with van der Waals surface area (Å²) in [7, 11) is 0. The normalized spacial score (nSPS) is 19.1. The van der Waals surface area contributed by atoms with Gasteiger partial charge in [-0.05, 0) is 31.0 Å². The van der Waals surface area contributed by atoms with Crippen molar-refractivity contribution < 1.29 is 14.2 Å². The molecule has 1 heterocycles. The van der Waals surface area contributed by atoms with Crippen molar-refractivity contribution in [3.63, 3.8) is 0 Å². The van der Waals surface area contributed by atoms with E-state index in [9.17, 15) is 4.39 Å². The van der Waals surface area contributed by atoms with Crippen molar-refractivity contribution in [1.82, 2.24) is 0 Å². The van der Waals surface area contributed by atoms with Crippen LogP contribution in [0.5, 0.6) is 5.75 Å². The number of halogens is 1. The quantitative estimate of drug-likeness (QED) is 0.800. The zero-order valence-electron chi connectivity index (χ0n) is 7.87. The summed E-state index contributed by atoms with van der Waals surface area (Å²) < 4.78 is 18.4. The van der Waals surface area contributed by atoms with Crippen molar-refractivity contribution >= 4 is 0 Å². The van der Waals surface area contributed by atoms with Crippen LogP contribution in [0.3, 0.4) is 0 Å². The molecule has 0 amide bonds. The Morgan fingerprint density at radius 2 is 2.36 bits per heavy atom. The van der Waals surface area contributed by atoms with Crippen LogP contribution in [0.2, 0.25) is 0 Å². The number of ether oxygens (including phenoxy) is 1. The Kier molecular flexibility index (Phi) is 2.68. The molecule has 14 heavy (non-hydrogen) atoms. The van der Waals surface area contributed by atoms with Crippen LogP contribution < -0.4 is 4.74 Å². The first kappa shape index (κ1) is 9.46. The molecule has 1 N–H and O–H groups in total. The first-order valence-corrected chi connectivity index (χ1v) is 4.85. The number of rotatable bonds is 3. The fourth-order valence-corrected chi connectivity index (χ4v) is 1.77. The monoisotopic (exact) mass is 196 g/mol. The van der Waals surface area contributed by atoms with Gasteiger partial charge in [0.25, 0.3) is 0 Å². The third-order valence-electron chi connectivity index (χ3n) is 2.45. The molecule has 1 aromatic rings. The second-order valence-corrected chi connectivity index (χ2v) is 3.56. The van der Waals surface area contributed by atoms with E-state index < -0.39 is 0 Å². The van der Waals surface area contributed by atoms with E-state index in [0.717, 1.165) is 30.6 Å². The van der Waals surface area contributed by atoms with Crippen LogP contribution in [-0.2, 0) is 6.42 Å². The average molecular weight is 196 g/mol. The number of benzene rings is 1. The lowest BCUT2D eigenvalue weighted by Gasteiger charge is -2.08. The third-order valence-corrected chi connectivity index (χ3v) is 2.45. The topological polar surface area (TPSA) is 29.5 Å². The van der Waals surface area contributed by atoms with Crippen LogP contribution in [0.4, 0.5) is 4.39 Å². The summed E-state index contributed by atoms with van der Waals surface area (Å²) in [6, 6.07) is 4.60. The molecule has 3 heteroatoms. The minimum absolute atomic E-state index is 0.110. The van der Waals surface area contributed by atoms with E-state index in [1.165, 1.54) is 12.1 Å². The highest BCUT2D eigenvalue weighted by molar-refractivity contribution is 5.37. The van der Waals surface area contributed by atoms with Gasteiger partial charge in [0.15, 0.2) is 0 Å². The van der Waals surface area contributed by atoms with Crippen molar-refractivity contribution in [3.8, 4) is 5.75 Å². The summed E-state index contributed by atoms with van der Waals surface area (Å²) in [5, 5.41) is 8.67. The maximum atomic E-state index is 12.8. The van der Waals surface area contributed by atoms with Gasteiger partial charge < -0.3 is 9.84 Å². The van der Waals surface area contributed by atoms with Crippen LogP contribution in [0.25, 0.3) is 0 Å². The molecule has 1 aromatic carbocycles. The molecule has 1 aliphatic rings. The van der Waals surface area contributed by atoms with Gasteiger partial charge in [0, 0.05) is 18.6 Å². The highest BCUT2D eigenvalue weighted by atomic mass is 19.1. The number of aliphatic hydroxyl groups is 1. The Morgan fingerprint density at radius 1 is 1.50 bits per heavy atom. The van der Waals surface area contributed by atoms with Gasteiger partial charge in [0.2, 0.25) is 0 Å². The molecule has 0 saturated carbocycles. The molecular weight excluding hydrogens is 183 g/mol. The summed E-state index contributed by atoms with van der Waals surface area (Å²) >= 11 is 0. The maximum Gasteiger partial charge on any atom is 0.123 e. The van der Waals surface area contributed by atoms with Gasteiger partial charge in [-0.1, -0.05) is 0 Å². The van der Waals surface area contributed by atoms with Crippen LogP contribution in [0.1, 0.15) is 18.4 Å². The maximum absolute atomic E-state index is 12.8. The van der Waals surface area contributed by atoms with Crippen LogP contribution in [0.15, 0.2) is 18.2 Å². The Bertz CT molecular complexity index is 325. The molecule has 1 aliphatic heterocycles. The summed E-state index contributed by atoms with van der Waals surface area (Å²) in [5.41, 5.74) is 0.938. The number of hydrogen-bond acceptors (Lipinski definition) is 2. The number of fused-ring (bicyclic) bond motifs is 1. The lowest BCUT2D eigenvalue weighted by atomic mass is 10.1. The minimum atomic E-state index is -0.213. The van der Waals surface area contributed by atoms with E-state index in [-0.39, 0.29) is 18.5 Å². The molecular formula is C11H13FO2. The van der Waals surface area contributed by atoms with Gasteiger partial charge in [0.05, 0.1) is 0 Å². The second-order valence-electron chi connectivity index (χ2n) is 3.56. The lowest BCUT2D eigenvalue weighted by Crippen LogP contribution is -2.12. The Hall–Kier alpha value is -1.09. The average Bonchev–Trinajstić information content (AvgIpc) is 2.56. The van der Waals surface area contributed by atoms with Gasteiger partial charge in [-0.2, -0.15) is 0 Å². The SMILES string of the molecule is OCCCC1Cc2cc(F)ccc2O1. The van der Waals surface area contributed by atoms with E-state index in [2.05, 4.69) is 0 Å². The number of aliphatic hydroxyl groups excluding tert-OH is 1. The van der Waals surface area contributed by atoms with E-state index >= 15 is 0 Å². The fraction of sp³-hybridized carbons (Fsp3) is 0.455. The Balaban J connectivity index is 2.03. The standard InChI is InChI=1S/C11H13FO2/c12-9-3-4-11-8(6-9)7-10(14-11)2-1-5-13/h3-4,6,10,13H,1-2,5,7H2. The highest BCUT2D eigenvalue weighted by Gasteiger charge is 2.22. The highest BCUT2D eigenvalue weighted by Crippen LogP contribution is 2.30. The number of hydrogen-bond donors (Lipinski definition) is 1. The zero-order valence-corrected chi connectivity index (χ0v) is 7.87. The van der Waals surface area contributed by atoms with Gasteiger partial charge in [-0.15, -0.1) is 0 Å². The Morgan fingerprint density at radius 3 is 3.14 bits per heavy atom. The lowest BCUT2D eigenvalue weighted by molar-refractivity contribution is 0.196. The molecule has 0 aromatic heterocycles. The van der Waals surface area contributed by atoms with Gasteiger partial charge in [0.1, 0.15) is 17.7 Å². The van der Waals surface area contributed by atoms with Crippen LogP contribution in [-0.4, -0.2) is 17.8 Å². The smallest absolute Gasteiger partial charge is 0.123 e. The first-order valence-electron chi connectivity index (χ1n) is 4.85. The van der Waals surface area contributed by atoms with Crippen LogP contribution in [0, 0.1) is 5.82 Å². The molecule has 0 aliphatic carbocycles. The minimum Gasteiger partial charge on any atom is -0.490 e. The van der Waals surface area contributed by atoms with Crippen molar-refractivity contribution in [2.45, 2.75) is 25.4 Å². The summed E-state index contributed by atoms with van der Waals surface area (Å²) in [4.78, 5) is 0. The van der Waals surface area contributed by atoms with E-state index in [1.807, 2.05) is 0 Å². The molecule has 0 saturated heterocycles. The summed E-state index contributed by atoms with van der Waals surface area (Å²) in [6.07, 6.45) is 2.43. The summed E-state index contributed by atoms with van der Waals surface area (Å²) in [6.45, 7) is 0.185. The summed E-state index contributed by atoms with van der Waals surface area (Å²) in [5.74, 6) is 0.574. The molecule has 2 nitrogen and oxygen atoms in total. The predicted molar refractivity (Wildman–Crippen MR) is 50.8 cm³/mol. The fourth-order valence-electron chi connectivity index (χ4n) is 1.77. The van der Waals surface area contributed by atoms with Gasteiger partial charge >= 0.3 is 0 Å². The molecule has 76 valence electrons. The van der Waals surface area contributed by atoms with Crippen molar-refractivity contribution in [2.24, 2.45) is 0 Å². The molecule has 0 spiro atoms. The largest absolute Gasteiger partial charge is 0.490 e. The van der Waals surface area contributed by atoms with Crippen molar-refractivity contribution in [1.29, 1.82) is 0 Å². The van der Waals surface area contributed by atoms with E-state index in [4.69, 9.17) is 9.84 Å². The molecule has 0 radical (unpaired) electrons. The van der Waals surface area contributed by atoms with E-state index in [0.29, 0.717) is 0 Å². The third kappa shape index (κ3) is 1.87. The van der Waals surface area contributed by atoms with Crippen LogP contribution >= 0.6 is 0 Å². The first-order chi connectivity index (χ1) is 6.79. The molecule has 0 bridgehead atoms. The van der Waals surface area contributed by atoms with Gasteiger partial charge in [-0.3, -0.25) is 0 Å². The van der Waals surface area contributed by atoms with E-state index in [1.54, 1.807) is 6.07 Å². The zero-order chi connectivity index (χ0) is 9.97. The molecule has 0 fully saturated rings. The van der Waals surface area contributed by atoms with Gasteiger partial charge in [-0.25, -0.2) is 4.39 Å². The molecule has 2 rings (SSSR count). The van der Waals surface area contributed by atoms with Crippen molar-refractivity contribution in [2.75, 3.05) is 6.61 Å². The predicted octanol–water partition coefficient (Wildman–Crippen LogP) is 1.90. The second kappa shape index (κ2) is 3.96. The Labute approximate surface area is 82.3 Å². The molecule has 1 unspecified atom stereocenters.